The Morgan fingerprint density at radius 2 is 2.00 bits per heavy atom. The zero-order valence-corrected chi connectivity index (χ0v) is 14.9. The number of ether oxygens (including phenoxy) is 1. The minimum atomic E-state index is -0.412. The molecule has 4 nitrogen and oxygen atoms in total. The Bertz CT molecular complexity index is 366. The molecule has 2 fully saturated rings. The standard InChI is InChI=1S/C18H34N2O2/c1-5-18(10-8-11-18)14-19-13-15-9-6-7-12-20(15)16(21)22-17(2,3)4/h15,19H,5-14H2,1-4H3. The van der Waals surface area contributed by atoms with Gasteiger partial charge in [0.05, 0.1) is 0 Å². The lowest BCUT2D eigenvalue weighted by molar-refractivity contribution is 0.00924. The summed E-state index contributed by atoms with van der Waals surface area (Å²) < 4.78 is 5.57. The highest BCUT2D eigenvalue weighted by Crippen LogP contribution is 2.43. The van der Waals surface area contributed by atoms with Gasteiger partial charge in [0, 0.05) is 25.7 Å². The number of nitrogens with zero attached hydrogens (tertiary/aromatic N) is 1. The average Bonchev–Trinajstić information content (AvgIpc) is 2.40. The molecule has 1 atom stereocenters. The van der Waals surface area contributed by atoms with Gasteiger partial charge in [-0.25, -0.2) is 4.79 Å². The fraction of sp³-hybridized carbons (Fsp3) is 0.944. The van der Waals surface area contributed by atoms with Crippen LogP contribution in [-0.4, -0.2) is 42.3 Å². The number of piperidine rings is 1. The van der Waals surface area contributed by atoms with Crippen molar-refractivity contribution in [3.05, 3.63) is 0 Å². The number of nitrogens with one attached hydrogen (secondary N) is 1. The van der Waals surface area contributed by atoms with Gasteiger partial charge in [-0.3, -0.25) is 0 Å². The van der Waals surface area contributed by atoms with Gasteiger partial charge < -0.3 is 15.0 Å². The summed E-state index contributed by atoms with van der Waals surface area (Å²) in [5.41, 5.74) is 0.121. The van der Waals surface area contributed by atoms with Gasteiger partial charge in [-0.15, -0.1) is 0 Å². The van der Waals surface area contributed by atoms with Gasteiger partial charge in [-0.2, -0.15) is 0 Å². The zero-order valence-electron chi connectivity index (χ0n) is 14.9. The first-order chi connectivity index (χ1) is 10.4. The third kappa shape index (κ3) is 4.61. The molecule has 0 spiro atoms. The minimum absolute atomic E-state index is 0.146. The second-order valence-corrected chi connectivity index (χ2v) is 8.16. The molecule has 1 heterocycles. The molecule has 2 rings (SSSR count). The van der Waals surface area contributed by atoms with Crippen LogP contribution in [0.3, 0.4) is 0 Å². The van der Waals surface area contributed by atoms with Crippen LogP contribution in [0.2, 0.25) is 0 Å². The van der Waals surface area contributed by atoms with Crippen molar-refractivity contribution in [3.63, 3.8) is 0 Å². The van der Waals surface area contributed by atoms with Gasteiger partial charge in [0.25, 0.3) is 0 Å². The molecular formula is C18H34N2O2. The number of hydrogen-bond acceptors (Lipinski definition) is 3. The normalized spacial score (nSPS) is 24.7. The van der Waals surface area contributed by atoms with Crippen molar-refractivity contribution in [2.75, 3.05) is 19.6 Å². The number of amides is 1. The Morgan fingerprint density at radius 1 is 1.27 bits per heavy atom. The number of hydrogen-bond donors (Lipinski definition) is 1. The summed E-state index contributed by atoms with van der Waals surface area (Å²) in [4.78, 5) is 14.3. The number of carbonyl (C=O) groups excluding carboxylic acids is 1. The SMILES string of the molecule is CCC1(CNCC2CCCCN2C(=O)OC(C)(C)C)CCC1. The monoisotopic (exact) mass is 310 g/mol. The molecule has 1 N–H and O–H groups in total. The molecule has 22 heavy (non-hydrogen) atoms. The lowest BCUT2D eigenvalue weighted by atomic mass is 9.67. The van der Waals surface area contributed by atoms with Crippen molar-refractivity contribution >= 4 is 6.09 Å². The quantitative estimate of drug-likeness (QED) is 0.836. The first-order valence-electron chi connectivity index (χ1n) is 9.06. The summed E-state index contributed by atoms with van der Waals surface area (Å²) >= 11 is 0. The van der Waals surface area contributed by atoms with Crippen LogP contribution in [0.5, 0.6) is 0 Å². The summed E-state index contributed by atoms with van der Waals surface area (Å²) in [5.74, 6) is 0. The number of likely N-dealkylation sites (tertiary alicyclic amines) is 1. The highest BCUT2D eigenvalue weighted by atomic mass is 16.6. The number of rotatable bonds is 5. The first-order valence-corrected chi connectivity index (χ1v) is 9.06. The van der Waals surface area contributed by atoms with Crippen LogP contribution >= 0.6 is 0 Å². The molecule has 0 aromatic heterocycles. The Balaban J connectivity index is 1.83. The van der Waals surface area contributed by atoms with E-state index in [1.54, 1.807) is 0 Å². The van der Waals surface area contributed by atoms with E-state index in [-0.39, 0.29) is 12.1 Å². The van der Waals surface area contributed by atoms with Gasteiger partial charge in [0.15, 0.2) is 0 Å². The second-order valence-electron chi connectivity index (χ2n) is 8.16. The Morgan fingerprint density at radius 3 is 2.55 bits per heavy atom. The van der Waals surface area contributed by atoms with Crippen LogP contribution in [0.15, 0.2) is 0 Å². The molecular weight excluding hydrogens is 276 g/mol. The van der Waals surface area contributed by atoms with E-state index >= 15 is 0 Å². The van der Waals surface area contributed by atoms with Crippen molar-refractivity contribution in [3.8, 4) is 0 Å². The molecule has 128 valence electrons. The maximum atomic E-state index is 12.4. The van der Waals surface area contributed by atoms with Crippen molar-refractivity contribution in [2.24, 2.45) is 5.41 Å². The predicted molar refractivity (Wildman–Crippen MR) is 90.0 cm³/mol. The van der Waals surface area contributed by atoms with Gasteiger partial charge in [-0.05, 0) is 64.7 Å². The van der Waals surface area contributed by atoms with E-state index in [1.807, 2.05) is 25.7 Å². The molecule has 1 saturated carbocycles. The summed E-state index contributed by atoms with van der Waals surface area (Å²) in [6, 6.07) is 0.289. The average molecular weight is 310 g/mol. The molecule has 0 radical (unpaired) electrons. The summed E-state index contributed by atoms with van der Waals surface area (Å²) in [6.45, 7) is 10.9. The lowest BCUT2D eigenvalue weighted by Gasteiger charge is -2.43. The lowest BCUT2D eigenvalue weighted by Crippen LogP contribution is -2.51. The van der Waals surface area contributed by atoms with Gasteiger partial charge >= 0.3 is 6.09 Å². The molecule has 1 saturated heterocycles. The Labute approximate surface area is 136 Å². The Kier molecular flexibility index (Phi) is 5.76. The van der Waals surface area contributed by atoms with Gasteiger partial charge in [0.1, 0.15) is 5.60 Å². The van der Waals surface area contributed by atoms with Crippen molar-refractivity contribution in [1.82, 2.24) is 10.2 Å². The maximum Gasteiger partial charge on any atom is 0.410 e. The van der Waals surface area contributed by atoms with E-state index in [0.29, 0.717) is 5.41 Å². The fourth-order valence-corrected chi connectivity index (χ4v) is 3.61. The first kappa shape index (κ1) is 17.6. The summed E-state index contributed by atoms with van der Waals surface area (Å²) in [5, 5.41) is 3.65. The van der Waals surface area contributed by atoms with Gasteiger partial charge in [0.2, 0.25) is 0 Å². The van der Waals surface area contributed by atoms with E-state index in [0.717, 1.165) is 32.5 Å². The van der Waals surface area contributed by atoms with Crippen molar-refractivity contribution in [1.29, 1.82) is 0 Å². The van der Waals surface area contributed by atoms with Crippen molar-refractivity contribution < 1.29 is 9.53 Å². The topological polar surface area (TPSA) is 41.6 Å². The molecule has 0 aromatic rings. The van der Waals surface area contributed by atoms with Crippen LogP contribution in [-0.2, 0) is 4.74 Å². The number of carbonyl (C=O) groups is 1. The smallest absolute Gasteiger partial charge is 0.410 e. The van der Waals surface area contributed by atoms with Crippen LogP contribution in [0.25, 0.3) is 0 Å². The Hall–Kier alpha value is -0.770. The van der Waals surface area contributed by atoms with E-state index < -0.39 is 5.60 Å². The van der Waals surface area contributed by atoms with E-state index in [4.69, 9.17) is 4.74 Å². The molecule has 1 amide bonds. The molecule has 2 aliphatic rings. The fourth-order valence-electron chi connectivity index (χ4n) is 3.61. The summed E-state index contributed by atoms with van der Waals surface area (Å²) in [6.07, 6.45) is 8.61. The second kappa shape index (κ2) is 7.20. The predicted octanol–water partition coefficient (Wildman–Crippen LogP) is 3.95. The van der Waals surface area contributed by atoms with E-state index in [9.17, 15) is 4.79 Å². The van der Waals surface area contributed by atoms with E-state index in [2.05, 4.69) is 12.2 Å². The molecule has 1 aliphatic carbocycles. The van der Waals surface area contributed by atoms with Crippen LogP contribution < -0.4 is 5.32 Å². The minimum Gasteiger partial charge on any atom is -0.444 e. The third-order valence-corrected chi connectivity index (χ3v) is 5.30. The highest BCUT2D eigenvalue weighted by molar-refractivity contribution is 5.68. The largest absolute Gasteiger partial charge is 0.444 e. The molecule has 0 bridgehead atoms. The third-order valence-electron chi connectivity index (χ3n) is 5.30. The van der Waals surface area contributed by atoms with E-state index in [1.165, 1.54) is 32.1 Å². The maximum absolute atomic E-state index is 12.4. The zero-order chi connectivity index (χ0) is 16.2. The molecule has 0 aromatic carbocycles. The molecule has 1 unspecified atom stereocenters. The van der Waals surface area contributed by atoms with Crippen LogP contribution in [0, 0.1) is 5.41 Å². The van der Waals surface area contributed by atoms with Crippen LogP contribution in [0.1, 0.15) is 72.6 Å². The molecule has 1 aliphatic heterocycles. The molecule has 4 heteroatoms. The highest BCUT2D eigenvalue weighted by Gasteiger charge is 2.35. The van der Waals surface area contributed by atoms with Crippen molar-refractivity contribution in [2.45, 2.75) is 84.3 Å². The van der Waals surface area contributed by atoms with Gasteiger partial charge in [-0.1, -0.05) is 13.3 Å². The van der Waals surface area contributed by atoms with Crippen LogP contribution in [0.4, 0.5) is 4.79 Å². The summed E-state index contributed by atoms with van der Waals surface area (Å²) in [7, 11) is 0.